The minimum atomic E-state index is -0.460. The summed E-state index contributed by atoms with van der Waals surface area (Å²) in [5.41, 5.74) is 0.616. The predicted molar refractivity (Wildman–Crippen MR) is 94.5 cm³/mol. The highest BCUT2D eigenvalue weighted by Gasteiger charge is 2.26. The van der Waals surface area contributed by atoms with Gasteiger partial charge in [-0.1, -0.05) is 26.0 Å². The Hall–Kier alpha value is -2.72. The summed E-state index contributed by atoms with van der Waals surface area (Å²) in [4.78, 5) is 26.5. The first-order valence-corrected chi connectivity index (χ1v) is 8.27. The SMILES string of the molecule is CC(C)[C@H](C#N)N1CCN(C(=O)/C=C/c2cccc([N+](=O)[O-])c2)CC1. The Morgan fingerprint density at radius 3 is 2.56 bits per heavy atom. The third-order valence-electron chi connectivity index (χ3n) is 4.28. The normalized spacial score (nSPS) is 16.8. The number of nitro groups is 1. The molecular formula is C18H22N4O3. The van der Waals surface area contributed by atoms with E-state index in [2.05, 4.69) is 11.0 Å². The molecule has 0 bridgehead atoms. The number of nitro benzene ring substituents is 1. The van der Waals surface area contributed by atoms with Gasteiger partial charge in [-0.05, 0) is 17.6 Å². The van der Waals surface area contributed by atoms with Gasteiger partial charge in [-0.2, -0.15) is 5.26 Å². The Kier molecular flexibility index (Phi) is 6.25. The molecule has 1 saturated heterocycles. The largest absolute Gasteiger partial charge is 0.337 e. The first-order chi connectivity index (χ1) is 11.9. The molecule has 0 radical (unpaired) electrons. The van der Waals surface area contributed by atoms with Gasteiger partial charge in [-0.15, -0.1) is 0 Å². The van der Waals surface area contributed by atoms with Crippen molar-refractivity contribution in [1.82, 2.24) is 9.80 Å². The van der Waals surface area contributed by atoms with E-state index in [4.69, 9.17) is 0 Å². The van der Waals surface area contributed by atoms with Crippen molar-refractivity contribution in [2.45, 2.75) is 19.9 Å². The maximum atomic E-state index is 12.3. The molecule has 1 atom stereocenters. The topological polar surface area (TPSA) is 90.5 Å². The van der Waals surface area contributed by atoms with Crippen LogP contribution in [-0.2, 0) is 4.79 Å². The summed E-state index contributed by atoms with van der Waals surface area (Å²) in [5, 5.41) is 20.0. The minimum absolute atomic E-state index is 0.000515. The van der Waals surface area contributed by atoms with Crippen LogP contribution >= 0.6 is 0 Å². The summed E-state index contributed by atoms with van der Waals surface area (Å²) in [6.45, 7) is 6.53. The van der Waals surface area contributed by atoms with Gasteiger partial charge in [0.2, 0.25) is 5.91 Å². The lowest BCUT2D eigenvalue weighted by molar-refractivity contribution is -0.384. The fourth-order valence-corrected chi connectivity index (χ4v) is 2.89. The second-order valence-corrected chi connectivity index (χ2v) is 6.36. The summed E-state index contributed by atoms with van der Waals surface area (Å²) in [7, 11) is 0. The van der Waals surface area contributed by atoms with Gasteiger partial charge in [-0.25, -0.2) is 0 Å². The second kappa shape index (κ2) is 8.40. The van der Waals surface area contributed by atoms with Crippen LogP contribution in [0.1, 0.15) is 19.4 Å². The van der Waals surface area contributed by atoms with Gasteiger partial charge in [0.15, 0.2) is 0 Å². The fourth-order valence-electron chi connectivity index (χ4n) is 2.89. The van der Waals surface area contributed by atoms with Crippen LogP contribution in [0.4, 0.5) is 5.69 Å². The van der Waals surface area contributed by atoms with E-state index in [0.717, 1.165) is 0 Å². The van der Waals surface area contributed by atoms with Gasteiger partial charge in [0.05, 0.1) is 11.0 Å². The van der Waals surface area contributed by atoms with Crippen molar-refractivity contribution in [2.75, 3.05) is 26.2 Å². The molecule has 1 aliphatic rings. The number of non-ortho nitro benzene ring substituents is 1. The molecule has 0 aromatic heterocycles. The van der Waals surface area contributed by atoms with Crippen LogP contribution in [0.3, 0.4) is 0 Å². The number of hydrogen-bond donors (Lipinski definition) is 0. The molecule has 132 valence electrons. The van der Waals surface area contributed by atoms with Crippen molar-refractivity contribution in [3.05, 3.63) is 46.0 Å². The summed E-state index contributed by atoms with van der Waals surface area (Å²) in [6, 6.07) is 8.36. The van der Waals surface area contributed by atoms with E-state index in [0.29, 0.717) is 31.7 Å². The van der Waals surface area contributed by atoms with Gasteiger partial charge in [0.25, 0.3) is 5.69 Å². The molecule has 0 unspecified atom stereocenters. The first-order valence-electron chi connectivity index (χ1n) is 8.27. The van der Waals surface area contributed by atoms with Gasteiger partial charge in [0.1, 0.15) is 6.04 Å². The molecule has 1 heterocycles. The van der Waals surface area contributed by atoms with Crippen molar-refractivity contribution in [1.29, 1.82) is 5.26 Å². The molecule has 1 fully saturated rings. The second-order valence-electron chi connectivity index (χ2n) is 6.36. The van der Waals surface area contributed by atoms with E-state index in [1.54, 1.807) is 23.1 Å². The van der Waals surface area contributed by atoms with Crippen molar-refractivity contribution >= 4 is 17.7 Å². The van der Waals surface area contributed by atoms with Gasteiger partial charge in [0, 0.05) is 44.4 Å². The van der Waals surface area contributed by atoms with E-state index in [1.165, 1.54) is 18.2 Å². The highest BCUT2D eigenvalue weighted by molar-refractivity contribution is 5.91. The molecule has 0 spiro atoms. The maximum absolute atomic E-state index is 12.3. The minimum Gasteiger partial charge on any atom is -0.337 e. The monoisotopic (exact) mass is 342 g/mol. The molecule has 1 amide bonds. The Balaban J connectivity index is 1.94. The summed E-state index contributed by atoms with van der Waals surface area (Å²) < 4.78 is 0. The lowest BCUT2D eigenvalue weighted by atomic mass is 10.0. The van der Waals surface area contributed by atoms with Crippen LogP contribution in [0, 0.1) is 27.4 Å². The number of piperazine rings is 1. The predicted octanol–water partition coefficient (Wildman–Crippen LogP) is 2.30. The van der Waals surface area contributed by atoms with Crippen molar-refractivity contribution < 1.29 is 9.72 Å². The summed E-state index contributed by atoms with van der Waals surface area (Å²) >= 11 is 0. The van der Waals surface area contributed by atoms with Crippen LogP contribution < -0.4 is 0 Å². The van der Waals surface area contributed by atoms with Crippen molar-refractivity contribution in [3.63, 3.8) is 0 Å². The van der Waals surface area contributed by atoms with E-state index in [1.807, 2.05) is 13.8 Å². The zero-order valence-electron chi connectivity index (χ0n) is 14.5. The number of nitrogens with zero attached hydrogens (tertiary/aromatic N) is 4. The molecule has 1 aromatic rings. The van der Waals surface area contributed by atoms with Crippen LogP contribution in [-0.4, -0.2) is 52.9 Å². The van der Waals surface area contributed by atoms with E-state index in [9.17, 15) is 20.2 Å². The quantitative estimate of drug-likeness (QED) is 0.465. The Morgan fingerprint density at radius 1 is 1.32 bits per heavy atom. The van der Waals surface area contributed by atoms with E-state index in [-0.39, 0.29) is 23.6 Å². The van der Waals surface area contributed by atoms with Crippen LogP contribution in [0.15, 0.2) is 30.3 Å². The number of hydrogen-bond acceptors (Lipinski definition) is 5. The van der Waals surface area contributed by atoms with Gasteiger partial charge >= 0.3 is 0 Å². The average Bonchev–Trinajstić information content (AvgIpc) is 2.61. The number of carbonyl (C=O) groups is 1. The molecule has 7 nitrogen and oxygen atoms in total. The molecular weight excluding hydrogens is 320 g/mol. The first kappa shape index (κ1) is 18.6. The lowest BCUT2D eigenvalue weighted by Crippen LogP contribution is -2.52. The molecule has 25 heavy (non-hydrogen) atoms. The number of nitriles is 1. The zero-order valence-corrected chi connectivity index (χ0v) is 14.5. The Bertz CT molecular complexity index is 701. The van der Waals surface area contributed by atoms with Crippen LogP contribution in [0.25, 0.3) is 6.08 Å². The maximum Gasteiger partial charge on any atom is 0.270 e. The van der Waals surface area contributed by atoms with Gasteiger partial charge < -0.3 is 4.90 Å². The molecule has 1 aliphatic heterocycles. The Morgan fingerprint density at radius 2 is 2.00 bits per heavy atom. The molecule has 0 saturated carbocycles. The van der Waals surface area contributed by atoms with Crippen molar-refractivity contribution in [3.8, 4) is 6.07 Å². The van der Waals surface area contributed by atoms with Crippen LogP contribution in [0.5, 0.6) is 0 Å². The summed E-state index contributed by atoms with van der Waals surface area (Å²) in [6.07, 6.45) is 3.03. The highest BCUT2D eigenvalue weighted by Crippen LogP contribution is 2.15. The molecule has 0 N–H and O–H groups in total. The molecule has 7 heteroatoms. The van der Waals surface area contributed by atoms with Crippen LogP contribution in [0.2, 0.25) is 0 Å². The molecule has 1 aromatic carbocycles. The zero-order chi connectivity index (χ0) is 18.4. The number of amides is 1. The standard InChI is InChI=1S/C18H22N4O3/c1-14(2)17(13-19)20-8-10-21(11-9-20)18(23)7-6-15-4-3-5-16(12-15)22(24)25/h3-7,12,14,17H,8-11H2,1-2H3/b7-6+/t17-/m0/s1. The summed E-state index contributed by atoms with van der Waals surface area (Å²) in [5.74, 6) is 0.130. The third kappa shape index (κ3) is 4.88. The molecule has 2 rings (SSSR count). The average molecular weight is 342 g/mol. The number of carbonyl (C=O) groups excluding carboxylic acids is 1. The van der Waals surface area contributed by atoms with E-state index < -0.39 is 4.92 Å². The smallest absolute Gasteiger partial charge is 0.270 e. The lowest BCUT2D eigenvalue weighted by Gasteiger charge is -2.37. The number of benzene rings is 1. The Labute approximate surface area is 147 Å². The van der Waals surface area contributed by atoms with Crippen molar-refractivity contribution in [2.24, 2.45) is 5.92 Å². The molecule has 0 aliphatic carbocycles. The number of rotatable bonds is 5. The highest BCUT2D eigenvalue weighted by atomic mass is 16.6. The third-order valence-corrected chi connectivity index (χ3v) is 4.28. The van der Waals surface area contributed by atoms with E-state index >= 15 is 0 Å². The van der Waals surface area contributed by atoms with Gasteiger partial charge in [-0.3, -0.25) is 19.8 Å². The fraction of sp³-hybridized carbons (Fsp3) is 0.444.